The zero-order valence-corrected chi connectivity index (χ0v) is 13.8. The zero-order chi connectivity index (χ0) is 16.5. The number of rotatable bonds is 3. The van der Waals surface area contributed by atoms with Gasteiger partial charge in [0.2, 0.25) is 5.91 Å². The molecule has 4 rings (SSSR count). The van der Waals surface area contributed by atoms with Gasteiger partial charge in [-0.3, -0.25) is 9.59 Å². The molecule has 1 saturated carbocycles. The first-order chi connectivity index (χ1) is 11.7. The van der Waals surface area contributed by atoms with E-state index in [0.717, 1.165) is 12.8 Å². The van der Waals surface area contributed by atoms with Gasteiger partial charge in [-0.2, -0.15) is 0 Å². The van der Waals surface area contributed by atoms with Gasteiger partial charge in [-0.1, -0.05) is 18.1 Å². The molecule has 8 heteroatoms. The second kappa shape index (κ2) is 6.51. The Balaban J connectivity index is 1.33. The summed E-state index contributed by atoms with van der Waals surface area (Å²) in [5, 5.41) is 8.11. The standard InChI is InChI=1S/C16H23N5O3/c22-15(12-3-1-2-4-12)20-9-13(10-20)21-11-14(17-18-21)16(23)19-5-7-24-8-6-19/h11-13H,1-10H2. The van der Waals surface area contributed by atoms with Crippen molar-refractivity contribution in [3.8, 4) is 0 Å². The van der Waals surface area contributed by atoms with Gasteiger partial charge in [0.05, 0.1) is 25.5 Å². The van der Waals surface area contributed by atoms with Crippen LogP contribution in [0.2, 0.25) is 0 Å². The van der Waals surface area contributed by atoms with Crippen molar-refractivity contribution in [3.05, 3.63) is 11.9 Å². The first-order valence-corrected chi connectivity index (χ1v) is 8.80. The third kappa shape index (κ3) is 2.90. The summed E-state index contributed by atoms with van der Waals surface area (Å²) < 4.78 is 6.99. The fourth-order valence-electron chi connectivity index (χ4n) is 3.72. The van der Waals surface area contributed by atoms with Crippen LogP contribution in [-0.4, -0.2) is 76.0 Å². The molecule has 8 nitrogen and oxygen atoms in total. The number of carbonyl (C=O) groups is 2. The first-order valence-electron chi connectivity index (χ1n) is 8.80. The molecular weight excluding hydrogens is 310 g/mol. The maximum Gasteiger partial charge on any atom is 0.276 e. The lowest BCUT2D eigenvalue weighted by Crippen LogP contribution is -2.52. The number of nitrogens with zero attached hydrogens (tertiary/aromatic N) is 5. The first kappa shape index (κ1) is 15.6. The van der Waals surface area contributed by atoms with Gasteiger partial charge in [-0.15, -0.1) is 5.10 Å². The number of hydrogen-bond donors (Lipinski definition) is 0. The number of hydrogen-bond acceptors (Lipinski definition) is 5. The van der Waals surface area contributed by atoms with Crippen LogP contribution in [0.4, 0.5) is 0 Å². The molecule has 0 N–H and O–H groups in total. The minimum absolute atomic E-state index is 0.0947. The number of likely N-dealkylation sites (tertiary alicyclic amines) is 1. The van der Waals surface area contributed by atoms with Crippen molar-refractivity contribution in [1.82, 2.24) is 24.8 Å². The molecule has 2 aliphatic heterocycles. The predicted octanol–water partition coefficient (Wildman–Crippen LogP) is 0.324. The van der Waals surface area contributed by atoms with E-state index in [1.54, 1.807) is 15.8 Å². The molecule has 3 fully saturated rings. The monoisotopic (exact) mass is 333 g/mol. The third-order valence-corrected chi connectivity index (χ3v) is 5.28. The minimum atomic E-state index is -0.0947. The zero-order valence-electron chi connectivity index (χ0n) is 13.8. The molecule has 0 spiro atoms. The molecule has 1 aromatic rings. The van der Waals surface area contributed by atoms with Crippen molar-refractivity contribution in [2.75, 3.05) is 39.4 Å². The molecule has 0 unspecified atom stereocenters. The van der Waals surface area contributed by atoms with Gasteiger partial charge >= 0.3 is 0 Å². The highest BCUT2D eigenvalue weighted by atomic mass is 16.5. The SMILES string of the molecule is O=C(c1cn(C2CN(C(=O)C3CCCC3)C2)nn1)N1CCOCC1. The average Bonchev–Trinajstić information content (AvgIpc) is 3.25. The molecular formula is C16H23N5O3. The van der Waals surface area contributed by atoms with Gasteiger partial charge in [0.25, 0.3) is 5.91 Å². The Morgan fingerprint density at radius 3 is 2.50 bits per heavy atom. The third-order valence-electron chi connectivity index (χ3n) is 5.28. The number of amides is 2. The van der Waals surface area contributed by atoms with Crippen LogP contribution in [0.25, 0.3) is 0 Å². The molecule has 1 aliphatic carbocycles. The number of aromatic nitrogens is 3. The molecule has 24 heavy (non-hydrogen) atoms. The van der Waals surface area contributed by atoms with Gasteiger partial charge in [0.15, 0.2) is 5.69 Å². The molecule has 2 saturated heterocycles. The summed E-state index contributed by atoms with van der Waals surface area (Å²) >= 11 is 0. The van der Waals surface area contributed by atoms with Gasteiger partial charge in [-0.25, -0.2) is 4.68 Å². The highest BCUT2D eigenvalue weighted by Crippen LogP contribution is 2.30. The second-order valence-corrected chi connectivity index (χ2v) is 6.87. The second-order valence-electron chi connectivity index (χ2n) is 6.87. The van der Waals surface area contributed by atoms with E-state index in [1.807, 2.05) is 4.90 Å². The van der Waals surface area contributed by atoms with Gasteiger partial charge < -0.3 is 14.5 Å². The smallest absolute Gasteiger partial charge is 0.276 e. The summed E-state index contributed by atoms with van der Waals surface area (Å²) in [7, 11) is 0. The molecule has 130 valence electrons. The van der Waals surface area contributed by atoms with Crippen LogP contribution >= 0.6 is 0 Å². The lowest BCUT2D eigenvalue weighted by molar-refractivity contribution is -0.141. The molecule has 0 radical (unpaired) electrons. The Hall–Kier alpha value is -1.96. The quantitative estimate of drug-likeness (QED) is 0.796. The van der Waals surface area contributed by atoms with Crippen LogP contribution in [0.5, 0.6) is 0 Å². The minimum Gasteiger partial charge on any atom is -0.378 e. The summed E-state index contributed by atoms with van der Waals surface area (Å²) in [5.74, 6) is 0.413. The molecule has 2 amide bonds. The molecule has 0 bridgehead atoms. The van der Waals surface area contributed by atoms with Crippen molar-refractivity contribution in [3.63, 3.8) is 0 Å². The van der Waals surface area contributed by atoms with Gasteiger partial charge in [0.1, 0.15) is 0 Å². The molecule has 3 aliphatic rings. The van der Waals surface area contributed by atoms with E-state index < -0.39 is 0 Å². The van der Waals surface area contributed by atoms with Crippen LogP contribution in [-0.2, 0) is 9.53 Å². The van der Waals surface area contributed by atoms with E-state index in [9.17, 15) is 9.59 Å². The van der Waals surface area contributed by atoms with Crippen molar-refractivity contribution < 1.29 is 14.3 Å². The fraction of sp³-hybridized carbons (Fsp3) is 0.750. The van der Waals surface area contributed by atoms with Crippen molar-refractivity contribution in [1.29, 1.82) is 0 Å². The lowest BCUT2D eigenvalue weighted by Gasteiger charge is -2.40. The molecule has 0 aromatic carbocycles. The summed E-state index contributed by atoms with van der Waals surface area (Å²) in [5.41, 5.74) is 0.373. The van der Waals surface area contributed by atoms with Crippen LogP contribution in [0.15, 0.2) is 6.20 Å². The number of carbonyl (C=O) groups excluding carboxylic acids is 2. The normalized spacial score (nSPS) is 22.7. The Bertz CT molecular complexity index is 613. The van der Waals surface area contributed by atoms with Crippen molar-refractivity contribution in [2.24, 2.45) is 5.92 Å². The van der Waals surface area contributed by atoms with E-state index in [2.05, 4.69) is 10.3 Å². The largest absolute Gasteiger partial charge is 0.378 e. The molecule has 3 heterocycles. The Labute approximate surface area is 140 Å². The maximum absolute atomic E-state index is 12.4. The van der Waals surface area contributed by atoms with E-state index in [1.165, 1.54) is 12.8 Å². The van der Waals surface area contributed by atoms with E-state index in [-0.39, 0.29) is 23.8 Å². The topological polar surface area (TPSA) is 80.6 Å². The highest BCUT2D eigenvalue weighted by molar-refractivity contribution is 5.92. The Kier molecular flexibility index (Phi) is 4.22. The summed E-state index contributed by atoms with van der Waals surface area (Å²) in [6.07, 6.45) is 6.11. The molecule has 1 aromatic heterocycles. The Morgan fingerprint density at radius 1 is 1.08 bits per heavy atom. The highest BCUT2D eigenvalue weighted by Gasteiger charge is 2.37. The summed E-state index contributed by atoms with van der Waals surface area (Å²) in [6.45, 7) is 3.67. The average molecular weight is 333 g/mol. The van der Waals surface area contributed by atoms with E-state index >= 15 is 0 Å². The number of ether oxygens (including phenoxy) is 1. The summed E-state index contributed by atoms with van der Waals surface area (Å²) in [4.78, 5) is 28.4. The van der Waals surface area contributed by atoms with E-state index in [0.29, 0.717) is 45.1 Å². The van der Waals surface area contributed by atoms with Crippen molar-refractivity contribution >= 4 is 11.8 Å². The van der Waals surface area contributed by atoms with Crippen LogP contribution in [0, 0.1) is 5.92 Å². The maximum atomic E-state index is 12.4. The van der Waals surface area contributed by atoms with Gasteiger partial charge in [-0.05, 0) is 12.8 Å². The lowest BCUT2D eigenvalue weighted by atomic mass is 10.0. The Morgan fingerprint density at radius 2 is 1.79 bits per heavy atom. The van der Waals surface area contributed by atoms with Gasteiger partial charge in [0, 0.05) is 32.1 Å². The van der Waals surface area contributed by atoms with Crippen LogP contribution < -0.4 is 0 Å². The predicted molar refractivity (Wildman–Crippen MR) is 84.3 cm³/mol. The van der Waals surface area contributed by atoms with Crippen LogP contribution in [0.1, 0.15) is 42.2 Å². The number of morpholine rings is 1. The fourth-order valence-corrected chi connectivity index (χ4v) is 3.72. The molecule has 0 atom stereocenters. The van der Waals surface area contributed by atoms with Crippen molar-refractivity contribution in [2.45, 2.75) is 31.7 Å². The summed E-state index contributed by atoms with van der Waals surface area (Å²) in [6, 6.07) is 0.133. The van der Waals surface area contributed by atoms with Crippen LogP contribution in [0.3, 0.4) is 0 Å². The van der Waals surface area contributed by atoms with E-state index in [4.69, 9.17) is 4.74 Å².